The van der Waals surface area contributed by atoms with Gasteiger partial charge in [0.1, 0.15) is 11.2 Å². The predicted molar refractivity (Wildman–Crippen MR) is 134 cm³/mol. The monoisotopic (exact) mass is 510 g/mol. The van der Waals surface area contributed by atoms with Crippen LogP contribution in [0.3, 0.4) is 0 Å². The number of hydrogen-bond acceptors (Lipinski definition) is 6. The molecule has 1 heterocycles. The molecule has 1 aromatic rings. The Balaban J connectivity index is 2.59. The number of nitrogens with zero attached hydrogens (tertiary/aromatic N) is 5. The van der Waals surface area contributed by atoms with Crippen molar-refractivity contribution in [1.29, 1.82) is 0 Å². The number of benzene rings is 1. The second-order valence-corrected chi connectivity index (χ2v) is 10.7. The van der Waals surface area contributed by atoms with Crippen LogP contribution in [0.15, 0.2) is 23.2 Å². The molecule has 0 spiro atoms. The molecule has 0 bridgehead atoms. The van der Waals surface area contributed by atoms with Gasteiger partial charge in [0.15, 0.2) is 0 Å². The Bertz CT molecular complexity index is 987. The Morgan fingerprint density at radius 3 is 2.09 bits per heavy atom. The second-order valence-electron chi connectivity index (χ2n) is 10.3. The minimum absolute atomic E-state index is 0.0320. The average molecular weight is 511 g/mol. The highest BCUT2D eigenvalue weighted by Gasteiger charge is 2.35. The summed E-state index contributed by atoms with van der Waals surface area (Å²) in [6.45, 7) is 10.4. The smallest absolute Gasteiger partial charge is 0.437 e. The predicted octanol–water partition coefficient (Wildman–Crippen LogP) is 4.16. The number of carbonyl (C=O) groups is 3. The molecule has 0 atom stereocenters. The van der Waals surface area contributed by atoms with Crippen LogP contribution in [0.5, 0.6) is 0 Å². The van der Waals surface area contributed by atoms with Crippen LogP contribution < -0.4 is 5.73 Å². The van der Waals surface area contributed by atoms with Gasteiger partial charge >= 0.3 is 18.2 Å². The number of urea groups is 1. The molecule has 12 heteroatoms. The van der Waals surface area contributed by atoms with E-state index in [9.17, 15) is 14.4 Å². The van der Waals surface area contributed by atoms with E-state index in [4.69, 9.17) is 26.8 Å². The van der Waals surface area contributed by atoms with Crippen molar-refractivity contribution < 1.29 is 23.9 Å². The maximum atomic E-state index is 13.4. The van der Waals surface area contributed by atoms with Crippen molar-refractivity contribution in [2.75, 3.05) is 33.2 Å². The van der Waals surface area contributed by atoms with Gasteiger partial charge in [0.25, 0.3) is 0 Å². The first-order valence-corrected chi connectivity index (χ1v) is 11.4. The summed E-state index contributed by atoms with van der Waals surface area (Å²) in [6, 6.07) is 4.74. The number of carbonyl (C=O) groups excluding carboxylic acids is 3. The standard InChI is InChI=1S/C23H35ClN6O5/c1-22(2,3)34-19(31)26-18(29-13-27(7)20(32)28(8)14-29)30(21(33)35-23(4,5)6)12-15-9-10-16(24)17(25)11-15/h9-11H,12-14,25H2,1-8H3/b26-18+. The van der Waals surface area contributed by atoms with Gasteiger partial charge in [0.05, 0.1) is 30.6 Å². The fraction of sp³-hybridized carbons (Fsp3) is 0.565. The van der Waals surface area contributed by atoms with Gasteiger partial charge in [0, 0.05) is 14.1 Å². The molecule has 1 saturated heterocycles. The number of guanidine groups is 1. The lowest BCUT2D eigenvalue weighted by Gasteiger charge is -2.42. The Hall–Kier alpha value is -3.21. The number of rotatable bonds is 2. The van der Waals surface area contributed by atoms with E-state index in [0.717, 1.165) is 0 Å². The highest BCUT2D eigenvalue weighted by molar-refractivity contribution is 6.33. The van der Waals surface area contributed by atoms with Crippen molar-refractivity contribution in [2.45, 2.75) is 59.3 Å². The summed E-state index contributed by atoms with van der Waals surface area (Å²) in [5, 5.41) is 0.373. The van der Waals surface area contributed by atoms with Crippen molar-refractivity contribution in [3.8, 4) is 0 Å². The summed E-state index contributed by atoms with van der Waals surface area (Å²) in [4.78, 5) is 48.3. The van der Waals surface area contributed by atoms with Crippen LogP contribution in [0.4, 0.5) is 20.1 Å². The molecule has 2 rings (SSSR count). The number of aliphatic imine (C=N–C) groups is 1. The number of nitrogen functional groups attached to an aromatic ring is 1. The lowest BCUT2D eigenvalue weighted by molar-refractivity contribution is 0.0300. The first kappa shape index (κ1) is 28.0. The number of amides is 4. The van der Waals surface area contributed by atoms with Crippen molar-refractivity contribution >= 4 is 41.5 Å². The third-order valence-corrected chi connectivity index (χ3v) is 4.89. The van der Waals surface area contributed by atoms with Crippen LogP contribution >= 0.6 is 11.6 Å². The lowest BCUT2D eigenvalue weighted by Crippen LogP contribution is -2.60. The van der Waals surface area contributed by atoms with E-state index in [0.29, 0.717) is 16.3 Å². The third-order valence-electron chi connectivity index (χ3n) is 4.54. The molecule has 0 saturated carbocycles. The SMILES string of the molecule is CN1CN(/C(=N\C(=O)OC(C)(C)C)N(Cc2ccc(Cl)c(N)c2)C(=O)OC(C)(C)C)CN(C)C1=O. The molecule has 11 nitrogen and oxygen atoms in total. The first-order chi connectivity index (χ1) is 16.0. The summed E-state index contributed by atoms with van der Waals surface area (Å²) >= 11 is 6.06. The molecule has 1 fully saturated rings. The van der Waals surface area contributed by atoms with Gasteiger partial charge in [-0.2, -0.15) is 0 Å². The fourth-order valence-corrected chi connectivity index (χ4v) is 3.29. The van der Waals surface area contributed by atoms with Crippen LogP contribution in [0.25, 0.3) is 0 Å². The van der Waals surface area contributed by atoms with Crippen LogP contribution in [0.1, 0.15) is 47.1 Å². The minimum Gasteiger partial charge on any atom is -0.443 e. The molecule has 35 heavy (non-hydrogen) atoms. The molecular formula is C23H35ClN6O5. The summed E-state index contributed by atoms with van der Waals surface area (Å²) < 4.78 is 11.0. The van der Waals surface area contributed by atoms with Gasteiger partial charge in [-0.3, -0.25) is 0 Å². The van der Waals surface area contributed by atoms with E-state index < -0.39 is 23.4 Å². The average Bonchev–Trinajstić information content (AvgIpc) is 2.68. The van der Waals surface area contributed by atoms with E-state index in [-0.39, 0.29) is 31.9 Å². The number of nitrogens with two attached hydrogens (primary N) is 1. The molecule has 0 unspecified atom stereocenters. The largest absolute Gasteiger partial charge is 0.443 e. The van der Waals surface area contributed by atoms with Crippen molar-refractivity contribution in [2.24, 2.45) is 4.99 Å². The summed E-state index contributed by atoms with van der Waals surface area (Å²) in [5.41, 5.74) is 5.30. The summed E-state index contributed by atoms with van der Waals surface area (Å²) in [7, 11) is 3.21. The van der Waals surface area contributed by atoms with Gasteiger partial charge in [0.2, 0.25) is 5.96 Å². The normalized spacial score (nSPS) is 15.3. The second kappa shape index (κ2) is 10.6. The number of halogens is 1. The van der Waals surface area contributed by atoms with Crippen LogP contribution in [0, 0.1) is 0 Å². The lowest BCUT2D eigenvalue weighted by atomic mass is 10.2. The highest BCUT2D eigenvalue weighted by atomic mass is 35.5. The van der Waals surface area contributed by atoms with Gasteiger partial charge in [-0.25, -0.2) is 19.3 Å². The quantitative estimate of drug-likeness (QED) is 0.360. The van der Waals surface area contributed by atoms with Crippen LogP contribution in [0.2, 0.25) is 5.02 Å². The maximum Gasteiger partial charge on any atom is 0.437 e. The molecule has 1 aromatic carbocycles. The molecule has 1 aliphatic heterocycles. The number of anilines is 1. The van der Waals surface area contributed by atoms with E-state index in [2.05, 4.69) is 4.99 Å². The van der Waals surface area contributed by atoms with Gasteiger partial charge in [-0.05, 0) is 59.2 Å². The Labute approximate surface area is 211 Å². The van der Waals surface area contributed by atoms with Gasteiger partial charge in [-0.15, -0.1) is 4.99 Å². The molecule has 0 aliphatic carbocycles. The zero-order valence-corrected chi connectivity index (χ0v) is 22.3. The summed E-state index contributed by atoms with van der Waals surface area (Å²) in [5.74, 6) is -0.0341. The van der Waals surface area contributed by atoms with E-state index in [1.54, 1.807) is 78.7 Å². The Morgan fingerprint density at radius 1 is 1.06 bits per heavy atom. The molecular weight excluding hydrogens is 476 g/mol. The Morgan fingerprint density at radius 2 is 1.60 bits per heavy atom. The zero-order chi connectivity index (χ0) is 26.7. The molecule has 2 N–H and O–H groups in total. The minimum atomic E-state index is -0.890. The van der Waals surface area contributed by atoms with Crippen LogP contribution in [-0.2, 0) is 16.0 Å². The number of ether oxygens (including phenoxy) is 2. The third kappa shape index (κ3) is 8.20. The highest BCUT2D eigenvalue weighted by Crippen LogP contribution is 2.23. The van der Waals surface area contributed by atoms with Crippen molar-refractivity contribution in [1.82, 2.24) is 19.6 Å². The van der Waals surface area contributed by atoms with Crippen LogP contribution in [-0.4, -0.2) is 82.4 Å². The van der Waals surface area contributed by atoms with Gasteiger partial charge < -0.3 is 29.9 Å². The van der Waals surface area contributed by atoms with Crippen molar-refractivity contribution in [3.05, 3.63) is 28.8 Å². The number of hydrogen-bond donors (Lipinski definition) is 1. The molecule has 194 valence electrons. The summed E-state index contributed by atoms with van der Waals surface area (Å²) in [6.07, 6.45) is -1.63. The zero-order valence-electron chi connectivity index (χ0n) is 21.6. The Kier molecular flexibility index (Phi) is 8.48. The first-order valence-electron chi connectivity index (χ1n) is 11.0. The fourth-order valence-electron chi connectivity index (χ4n) is 3.17. The van der Waals surface area contributed by atoms with Gasteiger partial charge in [-0.1, -0.05) is 17.7 Å². The molecule has 1 aliphatic rings. The molecule has 4 amide bonds. The topological polar surface area (TPSA) is 121 Å². The molecule has 0 radical (unpaired) electrons. The van der Waals surface area contributed by atoms with E-state index in [1.807, 2.05) is 0 Å². The molecule has 0 aromatic heterocycles. The van der Waals surface area contributed by atoms with Crippen molar-refractivity contribution in [3.63, 3.8) is 0 Å². The van der Waals surface area contributed by atoms with E-state index >= 15 is 0 Å². The maximum absolute atomic E-state index is 13.4. The van der Waals surface area contributed by atoms with E-state index in [1.165, 1.54) is 14.7 Å².